The molecule has 208 valence electrons. The summed E-state index contributed by atoms with van der Waals surface area (Å²) in [5.74, 6) is -1.19. The molecular weight excluding hydrogens is 536 g/mol. The monoisotopic (exact) mass is 565 g/mol. The van der Waals surface area contributed by atoms with E-state index in [0.29, 0.717) is 34.7 Å². The number of fused-ring (bicyclic) bond motifs is 1. The molecule has 5 rings (SSSR count). The number of halogens is 2. The molecular formula is C31H29F2NO5S. The van der Waals surface area contributed by atoms with E-state index in [2.05, 4.69) is 5.32 Å². The SMILES string of the molecule is CS(=O)(=O)Oc1ccc2c(C(=O)c3ccc(OCCC4CCCCN4)cc3)c(-c3ccc(F)cc3F)ccc2c1. The van der Waals surface area contributed by atoms with Gasteiger partial charge in [-0.05, 0) is 96.7 Å². The number of carbonyl (C=O) groups is 1. The smallest absolute Gasteiger partial charge is 0.306 e. The predicted molar refractivity (Wildman–Crippen MR) is 150 cm³/mol. The molecule has 0 spiro atoms. The quantitative estimate of drug-likeness (QED) is 0.190. The first-order valence-corrected chi connectivity index (χ1v) is 14.9. The van der Waals surface area contributed by atoms with Crippen LogP contribution in [0.3, 0.4) is 0 Å². The predicted octanol–water partition coefficient (Wildman–Crippen LogP) is 6.27. The van der Waals surface area contributed by atoms with Crippen molar-refractivity contribution in [3.8, 4) is 22.6 Å². The van der Waals surface area contributed by atoms with Gasteiger partial charge in [-0.1, -0.05) is 18.6 Å². The van der Waals surface area contributed by atoms with Gasteiger partial charge < -0.3 is 14.2 Å². The summed E-state index contributed by atoms with van der Waals surface area (Å²) in [6, 6.07) is 18.1. The van der Waals surface area contributed by atoms with E-state index in [1.807, 2.05) is 0 Å². The topological polar surface area (TPSA) is 81.7 Å². The molecule has 1 N–H and O–H groups in total. The first-order valence-electron chi connectivity index (χ1n) is 13.1. The van der Waals surface area contributed by atoms with E-state index in [9.17, 15) is 22.0 Å². The number of nitrogens with one attached hydrogen (secondary N) is 1. The van der Waals surface area contributed by atoms with E-state index in [4.69, 9.17) is 8.92 Å². The minimum atomic E-state index is -3.76. The highest BCUT2D eigenvalue weighted by atomic mass is 32.2. The van der Waals surface area contributed by atoms with E-state index in [1.165, 1.54) is 31.0 Å². The van der Waals surface area contributed by atoms with Crippen molar-refractivity contribution in [3.63, 3.8) is 0 Å². The van der Waals surface area contributed by atoms with Crippen molar-refractivity contribution in [1.29, 1.82) is 0 Å². The lowest BCUT2D eigenvalue weighted by Gasteiger charge is -2.23. The molecule has 0 saturated carbocycles. The molecule has 1 aliphatic rings. The molecule has 9 heteroatoms. The average molecular weight is 566 g/mol. The molecule has 1 saturated heterocycles. The van der Waals surface area contributed by atoms with E-state index >= 15 is 0 Å². The van der Waals surface area contributed by atoms with E-state index < -0.39 is 21.8 Å². The van der Waals surface area contributed by atoms with Gasteiger partial charge in [0.2, 0.25) is 0 Å². The molecule has 0 radical (unpaired) electrons. The normalized spacial score (nSPS) is 15.6. The maximum Gasteiger partial charge on any atom is 0.306 e. The molecule has 0 aliphatic carbocycles. The fraction of sp³-hybridized carbons (Fsp3) is 0.258. The zero-order valence-electron chi connectivity index (χ0n) is 22.0. The fourth-order valence-corrected chi connectivity index (χ4v) is 5.50. The van der Waals surface area contributed by atoms with Crippen molar-refractivity contribution >= 4 is 26.7 Å². The highest BCUT2D eigenvalue weighted by Gasteiger charge is 2.21. The molecule has 0 aromatic heterocycles. The summed E-state index contributed by atoms with van der Waals surface area (Å²) in [6.07, 6.45) is 5.40. The molecule has 6 nitrogen and oxygen atoms in total. The summed E-state index contributed by atoms with van der Waals surface area (Å²) in [6.45, 7) is 1.59. The second kappa shape index (κ2) is 11.7. The Bertz CT molecular complexity index is 1650. The zero-order chi connectivity index (χ0) is 28.3. The molecule has 1 heterocycles. The standard InChI is InChI=1S/C31H29F2NO5S/c1-40(36,37)39-25-11-14-26-21(18-25)7-12-28(27-13-8-22(32)19-29(27)33)30(26)31(35)20-5-9-24(10-6-20)38-17-15-23-4-2-3-16-34-23/h5-14,18-19,23,34H,2-4,15-17H2,1H3. The van der Waals surface area contributed by atoms with Crippen LogP contribution in [0.1, 0.15) is 41.6 Å². The first-order chi connectivity index (χ1) is 19.2. The summed E-state index contributed by atoms with van der Waals surface area (Å²) in [5, 5.41) is 4.48. The van der Waals surface area contributed by atoms with Crippen molar-refractivity contribution < 1.29 is 30.9 Å². The number of ketones is 1. The summed E-state index contributed by atoms with van der Waals surface area (Å²) < 4.78 is 62.7. The van der Waals surface area contributed by atoms with Crippen LogP contribution in [0.15, 0.2) is 72.8 Å². The van der Waals surface area contributed by atoms with Crippen LogP contribution in [0.25, 0.3) is 21.9 Å². The van der Waals surface area contributed by atoms with Crippen LogP contribution in [0.2, 0.25) is 0 Å². The maximum absolute atomic E-state index is 14.9. The lowest BCUT2D eigenvalue weighted by Crippen LogP contribution is -2.35. The number of hydrogen-bond donors (Lipinski definition) is 1. The maximum atomic E-state index is 14.9. The van der Waals surface area contributed by atoms with Crippen LogP contribution in [0.5, 0.6) is 11.5 Å². The van der Waals surface area contributed by atoms with E-state index in [1.54, 1.807) is 42.5 Å². The van der Waals surface area contributed by atoms with Crippen molar-refractivity contribution in [2.45, 2.75) is 31.7 Å². The highest BCUT2D eigenvalue weighted by Crippen LogP contribution is 2.35. The van der Waals surface area contributed by atoms with Crippen LogP contribution in [-0.4, -0.2) is 39.7 Å². The highest BCUT2D eigenvalue weighted by molar-refractivity contribution is 7.86. The number of rotatable bonds is 9. The van der Waals surface area contributed by atoms with E-state index in [0.717, 1.165) is 37.8 Å². The van der Waals surface area contributed by atoms with Crippen LogP contribution >= 0.6 is 0 Å². The lowest BCUT2D eigenvalue weighted by atomic mass is 9.89. The Labute approximate surface area is 232 Å². The van der Waals surface area contributed by atoms with E-state index in [-0.39, 0.29) is 28.2 Å². The van der Waals surface area contributed by atoms with Crippen LogP contribution in [0.4, 0.5) is 8.78 Å². The van der Waals surface area contributed by atoms with Gasteiger partial charge >= 0.3 is 10.1 Å². The third-order valence-electron chi connectivity index (χ3n) is 6.95. The zero-order valence-corrected chi connectivity index (χ0v) is 22.8. The van der Waals surface area contributed by atoms with Gasteiger partial charge in [-0.2, -0.15) is 8.42 Å². The van der Waals surface area contributed by atoms with Crippen LogP contribution < -0.4 is 14.2 Å². The Kier molecular flexibility index (Phi) is 8.14. The number of carbonyl (C=O) groups excluding carboxylic acids is 1. The van der Waals surface area contributed by atoms with Gasteiger partial charge in [0.15, 0.2) is 5.78 Å². The number of ether oxygens (including phenoxy) is 1. The van der Waals surface area contributed by atoms with Crippen LogP contribution in [-0.2, 0) is 10.1 Å². The molecule has 1 aliphatic heterocycles. The van der Waals surface area contributed by atoms with Gasteiger partial charge in [0.25, 0.3) is 0 Å². The summed E-state index contributed by atoms with van der Waals surface area (Å²) in [7, 11) is -3.76. The number of hydrogen-bond acceptors (Lipinski definition) is 6. The molecule has 1 unspecified atom stereocenters. The lowest BCUT2D eigenvalue weighted by molar-refractivity contribution is 0.104. The Balaban J connectivity index is 1.48. The average Bonchev–Trinajstić information content (AvgIpc) is 2.92. The van der Waals surface area contributed by atoms with Crippen LogP contribution in [0, 0.1) is 11.6 Å². The van der Waals surface area contributed by atoms with Crippen molar-refractivity contribution in [2.75, 3.05) is 19.4 Å². The Morgan fingerprint density at radius 1 is 0.925 bits per heavy atom. The summed E-state index contributed by atoms with van der Waals surface area (Å²) >= 11 is 0. The molecule has 4 aromatic carbocycles. The minimum absolute atomic E-state index is 0.0689. The second-order valence-electron chi connectivity index (χ2n) is 9.92. The molecule has 1 fully saturated rings. The Morgan fingerprint density at radius 2 is 1.68 bits per heavy atom. The number of piperidine rings is 1. The Hall–Kier alpha value is -3.82. The van der Waals surface area contributed by atoms with Gasteiger partial charge in [0.1, 0.15) is 23.1 Å². The molecule has 40 heavy (non-hydrogen) atoms. The van der Waals surface area contributed by atoms with Gasteiger partial charge in [0.05, 0.1) is 12.9 Å². The third-order valence-corrected chi connectivity index (χ3v) is 7.45. The van der Waals surface area contributed by atoms with Gasteiger partial charge in [-0.3, -0.25) is 4.79 Å². The molecule has 0 amide bonds. The minimum Gasteiger partial charge on any atom is -0.494 e. The molecule has 4 aromatic rings. The van der Waals surface area contributed by atoms with Crippen molar-refractivity contribution in [2.24, 2.45) is 0 Å². The molecule has 1 atom stereocenters. The first kappa shape index (κ1) is 27.7. The third kappa shape index (κ3) is 6.48. The summed E-state index contributed by atoms with van der Waals surface area (Å²) in [4.78, 5) is 13.9. The summed E-state index contributed by atoms with van der Waals surface area (Å²) in [5.41, 5.74) is 0.909. The van der Waals surface area contributed by atoms with Crippen molar-refractivity contribution in [3.05, 3.63) is 95.6 Å². The molecule has 0 bridgehead atoms. The number of benzene rings is 4. The fourth-order valence-electron chi connectivity index (χ4n) is 5.05. The van der Waals surface area contributed by atoms with Gasteiger partial charge in [-0.25, -0.2) is 8.78 Å². The van der Waals surface area contributed by atoms with Crippen molar-refractivity contribution in [1.82, 2.24) is 5.32 Å². The Morgan fingerprint density at radius 3 is 2.38 bits per heavy atom. The van der Waals surface area contributed by atoms with Gasteiger partial charge in [0, 0.05) is 28.8 Å². The second-order valence-corrected chi connectivity index (χ2v) is 11.5. The largest absolute Gasteiger partial charge is 0.494 e. The van der Waals surface area contributed by atoms with Gasteiger partial charge in [-0.15, -0.1) is 0 Å².